The molecule has 2 atom stereocenters. The molecule has 1 aromatic rings. The maximum absolute atomic E-state index is 11.4. The maximum atomic E-state index is 11.4. The molecule has 0 spiro atoms. The standard InChI is InChI=1S/C14H20O4/c1-5-18-14(17)13(16)12(15)11-7-9(3)8(2)6-10(11)4/h6-7,12-13,15-16H,5H2,1-4H3. The molecule has 1 aromatic carbocycles. The van der Waals surface area contributed by atoms with Crippen LogP contribution in [0.25, 0.3) is 0 Å². The number of rotatable bonds is 4. The lowest BCUT2D eigenvalue weighted by Crippen LogP contribution is -2.30. The molecular formula is C14H20O4. The van der Waals surface area contributed by atoms with Crippen LogP contribution in [-0.2, 0) is 9.53 Å². The van der Waals surface area contributed by atoms with Crippen molar-refractivity contribution < 1.29 is 19.7 Å². The molecule has 0 aliphatic carbocycles. The zero-order valence-corrected chi connectivity index (χ0v) is 11.2. The summed E-state index contributed by atoms with van der Waals surface area (Å²) < 4.78 is 4.69. The third kappa shape index (κ3) is 3.09. The van der Waals surface area contributed by atoms with Crippen molar-refractivity contribution in [2.75, 3.05) is 6.61 Å². The number of esters is 1. The van der Waals surface area contributed by atoms with Gasteiger partial charge in [-0.25, -0.2) is 4.79 Å². The summed E-state index contributed by atoms with van der Waals surface area (Å²) >= 11 is 0. The largest absolute Gasteiger partial charge is 0.464 e. The van der Waals surface area contributed by atoms with Gasteiger partial charge in [0.15, 0.2) is 6.10 Å². The van der Waals surface area contributed by atoms with E-state index in [9.17, 15) is 15.0 Å². The molecule has 4 heteroatoms. The molecule has 0 fully saturated rings. The molecule has 0 saturated carbocycles. The van der Waals surface area contributed by atoms with Gasteiger partial charge in [-0.15, -0.1) is 0 Å². The Morgan fingerprint density at radius 1 is 1.17 bits per heavy atom. The molecule has 2 N–H and O–H groups in total. The second kappa shape index (κ2) is 5.98. The van der Waals surface area contributed by atoms with Crippen LogP contribution in [0.4, 0.5) is 0 Å². The van der Waals surface area contributed by atoms with Crippen molar-refractivity contribution in [3.05, 3.63) is 34.4 Å². The Balaban J connectivity index is 3.00. The van der Waals surface area contributed by atoms with Gasteiger partial charge in [0, 0.05) is 0 Å². The highest BCUT2D eigenvalue weighted by molar-refractivity contribution is 5.75. The van der Waals surface area contributed by atoms with E-state index in [4.69, 9.17) is 4.74 Å². The lowest BCUT2D eigenvalue weighted by molar-refractivity contribution is -0.159. The van der Waals surface area contributed by atoms with Crippen LogP contribution in [0.5, 0.6) is 0 Å². The second-order valence-corrected chi connectivity index (χ2v) is 4.43. The van der Waals surface area contributed by atoms with Crippen LogP contribution in [0, 0.1) is 20.8 Å². The van der Waals surface area contributed by atoms with Crippen molar-refractivity contribution in [1.82, 2.24) is 0 Å². The van der Waals surface area contributed by atoms with Gasteiger partial charge >= 0.3 is 5.97 Å². The molecule has 0 aromatic heterocycles. The molecule has 1 rings (SSSR count). The maximum Gasteiger partial charge on any atom is 0.338 e. The van der Waals surface area contributed by atoms with Crippen molar-refractivity contribution in [3.63, 3.8) is 0 Å². The normalized spacial score (nSPS) is 14.1. The Hall–Kier alpha value is -1.39. The van der Waals surface area contributed by atoms with Gasteiger partial charge in [-0.2, -0.15) is 0 Å². The highest BCUT2D eigenvalue weighted by atomic mass is 16.5. The summed E-state index contributed by atoms with van der Waals surface area (Å²) in [4.78, 5) is 11.4. The quantitative estimate of drug-likeness (QED) is 0.798. The molecule has 0 bridgehead atoms. The monoisotopic (exact) mass is 252 g/mol. The summed E-state index contributed by atoms with van der Waals surface area (Å²) in [5.74, 6) is -0.803. The van der Waals surface area contributed by atoms with Crippen LogP contribution < -0.4 is 0 Å². The molecular weight excluding hydrogens is 232 g/mol. The Labute approximate surface area is 107 Å². The van der Waals surface area contributed by atoms with E-state index in [0.29, 0.717) is 5.56 Å². The first-order valence-corrected chi connectivity index (χ1v) is 5.99. The first-order chi connectivity index (χ1) is 8.38. The molecule has 0 aliphatic rings. The Morgan fingerprint density at radius 3 is 2.28 bits per heavy atom. The van der Waals surface area contributed by atoms with E-state index < -0.39 is 18.2 Å². The smallest absolute Gasteiger partial charge is 0.338 e. The molecule has 18 heavy (non-hydrogen) atoms. The fourth-order valence-corrected chi connectivity index (χ4v) is 1.83. The lowest BCUT2D eigenvalue weighted by Gasteiger charge is -2.19. The zero-order valence-electron chi connectivity index (χ0n) is 11.2. The minimum Gasteiger partial charge on any atom is -0.464 e. The van der Waals surface area contributed by atoms with Gasteiger partial charge in [0.2, 0.25) is 0 Å². The molecule has 0 aliphatic heterocycles. The van der Waals surface area contributed by atoms with Crippen molar-refractivity contribution in [1.29, 1.82) is 0 Å². The first kappa shape index (κ1) is 14.7. The van der Waals surface area contributed by atoms with Gasteiger partial charge < -0.3 is 14.9 Å². The average molecular weight is 252 g/mol. The van der Waals surface area contributed by atoms with Gasteiger partial charge in [0.1, 0.15) is 6.10 Å². The van der Waals surface area contributed by atoms with E-state index in [1.807, 2.05) is 26.8 Å². The van der Waals surface area contributed by atoms with E-state index in [1.165, 1.54) is 0 Å². The molecule has 0 radical (unpaired) electrons. The molecule has 0 saturated heterocycles. The minimum absolute atomic E-state index is 0.175. The Kier molecular flexibility index (Phi) is 4.87. The van der Waals surface area contributed by atoms with Crippen molar-refractivity contribution in [2.24, 2.45) is 0 Å². The van der Waals surface area contributed by atoms with Gasteiger partial charge in [-0.1, -0.05) is 12.1 Å². The average Bonchev–Trinajstić information content (AvgIpc) is 2.32. The fraction of sp³-hybridized carbons (Fsp3) is 0.500. The lowest BCUT2D eigenvalue weighted by atomic mass is 9.95. The van der Waals surface area contributed by atoms with E-state index in [0.717, 1.165) is 16.7 Å². The second-order valence-electron chi connectivity index (χ2n) is 4.43. The summed E-state index contributed by atoms with van der Waals surface area (Å²) in [6.45, 7) is 7.55. The third-order valence-electron chi connectivity index (χ3n) is 3.03. The molecule has 0 amide bonds. The summed E-state index contributed by atoms with van der Waals surface area (Å²) in [5, 5.41) is 19.8. The number of carbonyl (C=O) groups excluding carboxylic acids is 1. The van der Waals surface area contributed by atoms with Gasteiger partial charge in [0.05, 0.1) is 6.61 Å². The SMILES string of the molecule is CCOC(=O)C(O)C(O)c1cc(C)c(C)cc1C. The summed E-state index contributed by atoms with van der Waals surface area (Å²) in [6.07, 6.45) is -2.81. The molecule has 4 nitrogen and oxygen atoms in total. The Bertz CT molecular complexity index is 440. The summed E-state index contributed by atoms with van der Waals surface area (Å²) in [6, 6.07) is 3.71. The summed E-state index contributed by atoms with van der Waals surface area (Å²) in [7, 11) is 0. The highest BCUT2D eigenvalue weighted by Gasteiger charge is 2.28. The number of aryl methyl sites for hydroxylation is 3. The summed E-state index contributed by atoms with van der Waals surface area (Å²) in [5.41, 5.74) is 3.51. The van der Waals surface area contributed by atoms with Crippen LogP contribution in [0.3, 0.4) is 0 Å². The van der Waals surface area contributed by atoms with Crippen LogP contribution in [0.2, 0.25) is 0 Å². The van der Waals surface area contributed by atoms with E-state index in [-0.39, 0.29) is 6.61 Å². The number of carbonyl (C=O) groups is 1. The predicted molar refractivity (Wildman–Crippen MR) is 68.3 cm³/mol. The van der Waals surface area contributed by atoms with Crippen molar-refractivity contribution in [2.45, 2.75) is 39.9 Å². The van der Waals surface area contributed by atoms with E-state index in [1.54, 1.807) is 13.0 Å². The van der Waals surface area contributed by atoms with Crippen molar-refractivity contribution in [3.8, 4) is 0 Å². The number of benzene rings is 1. The Morgan fingerprint density at radius 2 is 1.72 bits per heavy atom. The fourth-order valence-electron chi connectivity index (χ4n) is 1.83. The number of aliphatic hydroxyl groups is 2. The number of hydrogen-bond donors (Lipinski definition) is 2. The third-order valence-corrected chi connectivity index (χ3v) is 3.03. The van der Waals surface area contributed by atoms with Gasteiger partial charge in [-0.3, -0.25) is 0 Å². The minimum atomic E-state index is -1.55. The van der Waals surface area contributed by atoms with E-state index >= 15 is 0 Å². The van der Waals surface area contributed by atoms with E-state index in [2.05, 4.69) is 0 Å². The van der Waals surface area contributed by atoms with Crippen molar-refractivity contribution >= 4 is 5.97 Å². The molecule has 2 unspecified atom stereocenters. The van der Waals surface area contributed by atoms with Crippen LogP contribution in [0.1, 0.15) is 35.3 Å². The highest BCUT2D eigenvalue weighted by Crippen LogP contribution is 2.24. The van der Waals surface area contributed by atoms with Crippen LogP contribution in [-0.4, -0.2) is 28.9 Å². The number of hydrogen-bond acceptors (Lipinski definition) is 4. The molecule has 0 heterocycles. The number of aliphatic hydroxyl groups excluding tert-OH is 2. The predicted octanol–water partition coefficient (Wildman–Crippen LogP) is 1.57. The van der Waals surface area contributed by atoms with Crippen LogP contribution >= 0.6 is 0 Å². The first-order valence-electron chi connectivity index (χ1n) is 5.99. The van der Waals surface area contributed by atoms with Crippen LogP contribution in [0.15, 0.2) is 12.1 Å². The topological polar surface area (TPSA) is 66.8 Å². The van der Waals surface area contributed by atoms with Gasteiger partial charge in [-0.05, 0) is 49.9 Å². The molecule has 100 valence electrons. The van der Waals surface area contributed by atoms with Gasteiger partial charge in [0.25, 0.3) is 0 Å². The number of ether oxygens (including phenoxy) is 1. The zero-order chi connectivity index (χ0) is 13.9.